The van der Waals surface area contributed by atoms with Crippen molar-refractivity contribution in [1.29, 1.82) is 0 Å². The topological polar surface area (TPSA) is 110 Å². The van der Waals surface area contributed by atoms with Gasteiger partial charge in [-0.1, -0.05) is 0 Å². The molecule has 11 heteroatoms. The number of aromatic nitrogens is 2. The summed E-state index contributed by atoms with van der Waals surface area (Å²) < 4.78 is 41.2. The first-order valence-corrected chi connectivity index (χ1v) is 8.79. The van der Waals surface area contributed by atoms with Gasteiger partial charge in [-0.25, -0.2) is 0 Å². The molecule has 0 unspecified atom stereocenters. The van der Waals surface area contributed by atoms with Crippen LogP contribution in [0.4, 0.5) is 24.7 Å². The maximum atomic E-state index is 13.3. The Balaban J connectivity index is 1.84. The van der Waals surface area contributed by atoms with Gasteiger partial charge in [-0.05, 0) is 24.6 Å². The van der Waals surface area contributed by atoms with Crippen molar-refractivity contribution in [2.45, 2.75) is 32.0 Å². The van der Waals surface area contributed by atoms with E-state index in [1.54, 1.807) is 0 Å². The minimum absolute atomic E-state index is 0.0273. The summed E-state index contributed by atoms with van der Waals surface area (Å²) in [7, 11) is 0. The summed E-state index contributed by atoms with van der Waals surface area (Å²) in [5, 5.41) is 6.44. The number of carbonyl (C=O) groups excluding carboxylic acids is 3. The highest BCUT2D eigenvalue weighted by Gasteiger charge is 2.33. The molecule has 1 saturated heterocycles. The van der Waals surface area contributed by atoms with E-state index in [9.17, 15) is 27.6 Å². The molecule has 0 bridgehead atoms. The van der Waals surface area contributed by atoms with E-state index in [0.29, 0.717) is 13.0 Å². The molecule has 1 fully saturated rings. The summed E-state index contributed by atoms with van der Waals surface area (Å²) >= 11 is 0. The van der Waals surface area contributed by atoms with E-state index in [2.05, 4.69) is 10.4 Å². The van der Waals surface area contributed by atoms with Gasteiger partial charge in [-0.3, -0.25) is 19.1 Å². The maximum absolute atomic E-state index is 13.3. The van der Waals surface area contributed by atoms with Gasteiger partial charge in [0.05, 0.1) is 5.56 Å². The molecule has 1 aliphatic heterocycles. The number of rotatable bonds is 6. The van der Waals surface area contributed by atoms with Crippen LogP contribution in [0.3, 0.4) is 0 Å². The van der Waals surface area contributed by atoms with Crippen molar-refractivity contribution in [1.82, 2.24) is 9.78 Å². The summed E-state index contributed by atoms with van der Waals surface area (Å²) in [6.07, 6.45) is -2.33. The summed E-state index contributed by atoms with van der Waals surface area (Å²) in [6.45, 7) is 0.501. The first-order valence-electron chi connectivity index (χ1n) is 8.79. The summed E-state index contributed by atoms with van der Waals surface area (Å²) in [4.78, 5) is 36.5. The number of carbonyl (C=O) groups is 3. The zero-order valence-electron chi connectivity index (χ0n) is 15.2. The SMILES string of the molecule is NC(=O)CCn1ccc(NC(=O)c2cc(N3CCCC3=O)cc(C(F)(F)F)c2)n1. The van der Waals surface area contributed by atoms with Crippen LogP contribution in [0.15, 0.2) is 30.5 Å². The van der Waals surface area contributed by atoms with Crippen molar-refractivity contribution in [2.24, 2.45) is 5.73 Å². The molecule has 29 heavy (non-hydrogen) atoms. The van der Waals surface area contributed by atoms with E-state index in [1.807, 2.05) is 0 Å². The molecule has 0 radical (unpaired) electrons. The van der Waals surface area contributed by atoms with Gasteiger partial charge >= 0.3 is 6.18 Å². The molecular weight excluding hydrogens is 391 g/mol. The normalized spacial score (nSPS) is 14.3. The number of amides is 3. The number of primary amides is 1. The second-order valence-corrected chi connectivity index (χ2v) is 6.55. The lowest BCUT2D eigenvalue weighted by Crippen LogP contribution is -2.25. The third-order valence-corrected chi connectivity index (χ3v) is 4.36. The number of nitrogens with one attached hydrogen (secondary N) is 1. The molecule has 1 aliphatic rings. The number of benzene rings is 1. The Labute approximate surface area is 163 Å². The highest BCUT2D eigenvalue weighted by Crippen LogP contribution is 2.34. The molecule has 3 rings (SSSR count). The Morgan fingerprint density at radius 2 is 2.00 bits per heavy atom. The highest BCUT2D eigenvalue weighted by molar-refractivity contribution is 6.05. The molecule has 1 aromatic carbocycles. The van der Waals surface area contributed by atoms with Crippen molar-refractivity contribution >= 4 is 29.2 Å². The quantitative estimate of drug-likeness (QED) is 0.762. The summed E-state index contributed by atoms with van der Waals surface area (Å²) in [5.41, 5.74) is 3.82. The molecular formula is C18H18F3N5O3. The summed E-state index contributed by atoms with van der Waals surface area (Å²) in [6, 6.07) is 4.28. The van der Waals surface area contributed by atoms with Crippen LogP contribution < -0.4 is 16.0 Å². The molecule has 0 atom stereocenters. The second-order valence-electron chi connectivity index (χ2n) is 6.55. The molecule has 0 spiro atoms. The smallest absolute Gasteiger partial charge is 0.370 e. The van der Waals surface area contributed by atoms with E-state index >= 15 is 0 Å². The van der Waals surface area contributed by atoms with E-state index < -0.39 is 23.6 Å². The van der Waals surface area contributed by atoms with Gasteiger partial charge in [-0.2, -0.15) is 18.3 Å². The van der Waals surface area contributed by atoms with E-state index in [0.717, 1.165) is 12.1 Å². The Kier molecular flexibility index (Phi) is 5.57. The first kappa shape index (κ1) is 20.4. The van der Waals surface area contributed by atoms with E-state index in [-0.39, 0.29) is 42.4 Å². The number of nitrogens with two attached hydrogens (primary N) is 1. The van der Waals surface area contributed by atoms with Gasteiger partial charge in [0.1, 0.15) is 0 Å². The molecule has 0 saturated carbocycles. The van der Waals surface area contributed by atoms with Crippen molar-refractivity contribution in [2.75, 3.05) is 16.8 Å². The largest absolute Gasteiger partial charge is 0.416 e. The Bertz CT molecular complexity index is 954. The van der Waals surface area contributed by atoms with Crippen molar-refractivity contribution in [3.05, 3.63) is 41.6 Å². The average molecular weight is 409 g/mol. The lowest BCUT2D eigenvalue weighted by atomic mass is 10.1. The molecule has 1 aromatic heterocycles. The second kappa shape index (κ2) is 7.94. The predicted molar refractivity (Wildman–Crippen MR) is 97.0 cm³/mol. The fourth-order valence-electron chi connectivity index (χ4n) is 2.95. The standard InChI is InChI=1S/C18H18F3N5O3/c19-18(20,21)12-8-11(9-13(10-12)26-5-1-2-16(26)28)17(29)23-15-4-7-25(24-15)6-3-14(22)27/h4,7-10H,1-3,5-6H2,(H2,22,27)(H,23,24,29). The fraction of sp³-hybridized carbons (Fsp3) is 0.333. The average Bonchev–Trinajstić information content (AvgIpc) is 3.27. The van der Waals surface area contributed by atoms with Gasteiger partial charge in [-0.15, -0.1) is 0 Å². The van der Waals surface area contributed by atoms with Gasteiger partial charge in [0.25, 0.3) is 5.91 Å². The minimum atomic E-state index is -4.68. The molecule has 2 aromatic rings. The fourth-order valence-corrected chi connectivity index (χ4v) is 2.95. The van der Waals surface area contributed by atoms with Crippen LogP contribution in [0.5, 0.6) is 0 Å². The highest BCUT2D eigenvalue weighted by atomic mass is 19.4. The van der Waals surface area contributed by atoms with Crippen LogP contribution in [-0.2, 0) is 22.3 Å². The maximum Gasteiger partial charge on any atom is 0.416 e. The van der Waals surface area contributed by atoms with Crippen LogP contribution in [-0.4, -0.2) is 34.0 Å². The zero-order valence-corrected chi connectivity index (χ0v) is 15.2. The lowest BCUT2D eigenvalue weighted by molar-refractivity contribution is -0.137. The van der Waals surface area contributed by atoms with Gasteiger partial charge in [0.2, 0.25) is 11.8 Å². The number of nitrogens with zero attached hydrogens (tertiary/aromatic N) is 3. The molecule has 2 heterocycles. The molecule has 0 aliphatic carbocycles. The molecule has 3 N–H and O–H groups in total. The van der Waals surface area contributed by atoms with Crippen molar-refractivity contribution in [3.8, 4) is 0 Å². The lowest BCUT2D eigenvalue weighted by Gasteiger charge is -2.19. The van der Waals surface area contributed by atoms with Crippen LogP contribution >= 0.6 is 0 Å². The van der Waals surface area contributed by atoms with Crippen molar-refractivity contribution < 1.29 is 27.6 Å². The number of anilines is 2. The molecule has 3 amide bonds. The van der Waals surface area contributed by atoms with Crippen LogP contribution in [0.2, 0.25) is 0 Å². The number of hydrogen-bond acceptors (Lipinski definition) is 4. The van der Waals surface area contributed by atoms with E-state index in [4.69, 9.17) is 5.73 Å². The Hall–Kier alpha value is -3.37. The third-order valence-electron chi connectivity index (χ3n) is 4.36. The van der Waals surface area contributed by atoms with Crippen LogP contribution in [0.1, 0.15) is 35.2 Å². The number of aryl methyl sites for hydroxylation is 1. The third kappa shape index (κ3) is 4.92. The monoisotopic (exact) mass is 409 g/mol. The van der Waals surface area contributed by atoms with E-state index in [1.165, 1.54) is 27.9 Å². The number of alkyl halides is 3. The van der Waals surface area contributed by atoms with Gasteiger partial charge in [0.15, 0.2) is 5.82 Å². The molecule has 8 nitrogen and oxygen atoms in total. The van der Waals surface area contributed by atoms with Crippen LogP contribution in [0.25, 0.3) is 0 Å². The van der Waals surface area contributed by atoms with Crippen molar-refractivity contribution in [3.63, 3.8) is 0 Å². The van der Waals surface area contributed by atoms with Crippen LogP contribution in [0, 0.1) is 0 Å². The Morgan fingerprint density at radius 3 is 2.62 bits per heavy atom. The first-order chi connectivity index (χ1) is 13.6. The van der Waals surface area contributed by atoms with Gasteiger partial charge < -0.3 is 16.0 Å². The minimum Gasteiger partial charge on any atom is -0.370 e. The summed E-state index contributed by atoms with van der Waals surface area (Å²) in [5.74, 6) is -1.50. The van der Waals surface area contributed by atoms with Gasteiger partial charge in [0, 0.05) is 49.4 Å². The predicted octanol–water partition coefficient (Wildman–Crippen LogP) is 2.16. The molecule has 154 valence electrons. The number of hydrogen-bond donors (Lipinski definition) is 2. The zero-order chi connectivity index (χ0) is 21.2. The Morgan fingerprint density at radius 1 is 1.24 bits per heavy atom. The number of halogens is 3.